The van der Waals surface area contributed by atoms with Gasteiger partial charge in [0.05, 0.1) is 17.6 Å². The van der Waals surface area contributed by atoms with Crippen LogP contribution in [0, 0.1) is 5.92 Å². The first-order valence-electron chi connectivity index (χ1n) is 7.29. The molecule has 2 N–H and O–H groups in total. The number of hydrogen-bond acceptors (Lipinski definition) is 2. The predicted molar refractivity (Wildman–Crippen MR) is 77.4 cm³/mol. The Morgan fingerprint density at radius 3 is 2.74 bits per heavy atom. The molecular weight excluding hydrogens is 236 g/mol. The second kappa shape index (κ2) is 4.97. The number of nitrogens with zero attached hydrogens (tertiary/aromatic N) is 1. The van der Waals surface area contributed by atoms with Crippen LogP contribution >= 0.6 is 0 Å². The standard InChI is InChI=1S/C16H22N2O/c1-10(2)13(9-19)12-6-7-14-15(8-12)18-16(17-14)11-4-3-5-11/h6-8,10-11,13,19H,3-5,9H2,1-2H3,(H,17,18). The van der Waals surface area contributed by atoms with Gasteiger partial charge in [-0.2, -0.15) is 0 Å². The van der Waals surface area contributed by atoms with E-state index in [0.717, 1.165) is 16.9 Å². The molecule has 0 amide bonds. The van der Waals surface area contributed by atoms with Crippen LogP contribution in [0.25, 0.3) is 11.0 Å². The summed E-state index contributed by atoms with van der Waals surface area (Å²) in [6.07, 6.45) is 3.85. The van der Waals surface area contributed by atoms with Crippen molar-refractivity contribution in [2.75, 3.05) is 6.61 Å². The largest absolute Gasteiger partial charge is 0.396 e. The zero-order chi connectivity index (χ0) is 13.4. The van der Waals surface area contributed by atoms with Gasteiger partial charge in [-0.05, 0) is 36.5 Å². The van der Waals surface area contributed by atoms with E-state index in [0.29, 0.717) is 11.8 Å². The van der Waals surface area contributed by atoms with Gasteiger partial charge < -0.3 is 10.1 Å². The minimum absolute atomic E-state index is 0.201. The lowest BCUT2D eigenvalue weighted by molar-refractivity contribution is 0.237. The Hall–Kier alpha value is -1.35. The Balaban J connectivity index is 1.95. The van der Waals surface area contributed by atoms with E-state index in [1.807, 2.05) is 0 Å². The Morgan fingerprint density at radius 1 is 1.37 bits per heavy atom. The van der Waals surface area contributed by atoms with E-state index in [1.54, 1.807) is 0 Å². The van der Waals surface area contributed by atoms with Crippen molar-refractivity contribution in [3.05, 3.63) is 29.6 Å². The number of imidazole rings is 1. The highest BCUT2D eigenvalue weighted by molar-refractivity contribution is 5.76. The highest BCUT2D eigenvalue weighted by Crippen LogP contribution is 2.36. The topological polar surface area (TPSA) is 48.9 Å². The Labute approximate surface area is 114 Å². The first kappa shape index (κ1) is 12.7. The van der Waals surface area contributed by atoms with Crippen LogP contribution < -0.4 is 0 Å². The van der Waals surface area contributed by atoms with Gasteiger partial charge in [-0.15, -0.1) is 0 Å². The molecule has 1 fully saturated rings. The SMILES string of the molecule is CC(C)C(CO)c1ccc2nc(C3CCC3)[nH]c2c1. The molecule has 1 heterocycles. The minimum Gasteiger partial charge on any atom is -0.396 e. The lowest BCUT2D eigenvalue weighted by Crippen LogP contribution is -2.11. The maximum absolute atomic E-state index is 9.54. The molecule has 1 aromatic heterocycles. The molecule has 3 heteroatoms. The minimum atomic E-state index is 0.201. The van der Waals surface area contributed by atoms with Crippen LogP contribution in [-0.2, 0) is 0 Å². The van der Waals surface area contributed by atoms with Crippen molar-refractivity contribution in [1.29, 1.82) is 0 Å². The average Bonchev–Trinajstić information content (AvgIpc) is 2.69. The molecule has 2 aromatic rings. The Bertz CT molecular complexity index is 569. The van der Waals surface area contributed by atoms with Crippen LogP contribution in [-0.4, -0.2) is 21.7 Å². The van der Waals surface area contributed by atoms with Crippen molar-refractivity contribution in [2.24, 2.45) is 5.92 Å². The van der Waals surface area contributed by atoms with Gasteiger partial charge in [0.25, 0.3) is 0 Å². The molecule has 0 bridgehead atoms. The first-order valence-corrected chi connectivity index (χ1v) is 7.29. The zero-order valence-corrected chi connectivity index (χ0v) is 11.7. The number of aliphatic hydroxyl groups is 1. The van der Waals surface area contributed by atoms with Crippen molar-refractivity contribution in [3.63, 3.8) is 0 Å². The summed E-state index contributed by atoms with van der Waals surface area (Å²) in [5.74, 6) is 2.43. The molecule has 0 aliphatic heterocycles. The Kier molecular flexibility index (Phi) is 3.31. The summed E-state index contributed by atoms with van der Waals surface area (Å²) >= 11 is 0. The van der Waals surface area contributed by atoms with E-state index in [-0.39, 0.29) is 12.5 Å². The number of fused-ring (bicyclic) bond motifs is 1. The molecular formula is C16H22N2O. The lowest BCUT2D eigenvalue weighted by atomic mass is 9.85. The molecule has 1 unspecified atom stereocenters. The fraction of sp³-hybridized carbons (Fsp3) is 0.562. The molecule has 19 heavy (non-hydrogen) atoms. The number of H-pyrrole nitrogens is 1. The third-order valence-corrected chi connectivity index (χ3v) is 4.45. The number of aliphatic hydroxyl groups excluding tert-OH is 1. The van der Waals surface area contributed by atoms with Crippen LogP contribution in [0.3, 0.4) is 0 Å². The number of hydrogen-bond donors (Lipinski definition) is 2. The van der Waals surface area contributed by atoms with Crippen molar-refractivity contribution in [3.8, 4) is 0 Å². The van der Waals surface area contributed by atoms with Crippen LogP contribution in [0.1, 0.15) is 56.3 Å². The third-order valence-electron chi connectivity index (χ3n) is 4.45. The van der Waals surface area contributed by atoms with Crippen LogP contribution in [0.5, 0.6) is 0 Å². The van der Waals surface area contributed by atoms with Gasteiger partial charge in [0.15, 0.2) is 0 Å². The normalized spacial score (nSPS) is 17.9. The van der Waals surface area contributed by atoms with Gasteiger partial charge in [0.2, 0.25) is 0 Å². The van der Waals surface area contributed by atoms with E-state index < -0.39 is 0 Å². The van der Waals surface area contributed by atoms with Crippen LogP contribution in [0.2, 0.25) is 0 Å². The fourth-order valence-corrected chi connectivity index (χ4v) is 2.85. The molecule has 3 rings (SSSR count). The fourth-order valence-electron chi connectivity index (χ4n) is 2.85. The first-order chi connectivity index (χ1) is 9.19. The van der Waals surface area contributed by atoms with E-state index in [2.05, 4.69) is 42.0 Å². The van der Waals surface area contributed by atoms with Gasteiger partial charge in [0.1, 0.15) is 5.82 Å². The number of rotatable bonds is 4. The monoisotopic (exact) mass is 258 g/mol. The van der Waals surface area contributed by atoms with Crippen molar-refractivity contribution < 1.29 is 5.11 Å². The summed E-state index contributed by atoms with van der Waals surface area (Å²) in [6.45, 7) is 4.50. The molecule has 1 aliphatic carbocycles. The van der Waals surface area contributed by atoms with Gasteiger partial charge in [0, 0.05) is 11.8 Å². The highest BCUT2D eigenvalue weighted by atomic mass is 16.3. The van der Waals surface area contributed by atoms with E-state index >= 15 is 0 Å². The van der Waals surface area contributed by atoms with Gasteiger partial charge in [-0.1, -0.05) is 26.3 Å². The van der Waals surface area contributed by atoms with Gasteiger partial charge >= 0.3 is 0 Å². The molecule has 0 spiro atoms. The number of benzene rings is 1. The molecule has 0 saturated heterocycles. The molecule has 1 aliphatic rings. The van der Waals surface area contributed by atoms with Crippen LogP contribution in [0.15, 0.2) is 18.2 Å². The number of aromatic amines is 1. The average molecular weight is 258 g/mol. The molecule has 1 saturated carbocycles. The zero-order valence-electron chi connectivity index (χ0n) is 11.7. The summed E-state index contributed by atoms with van der Waals surface area (Å²) in [5, 5.41) is 9.54. The maximum atomic E-state index is 9.54. The molecule has 102 valence electrons. The Morgan fingerprint density at radius 2 is 2.16 bits per heavy atom. The number of nitrogens with one attached hydrogen (secondary N) is 1. The quantitative estimate of drug-likeness (QED) is 0.881. The van der Waals surface area contributed by atoms with Crippen molar-refractivity contribution in [2.45, 2.75) is 44.9 Å². The van der Waals surface area contributed by atoms with Gasteiger partial charge in [-0.3, -0.25) is 0 Å². The van der Waals surface area contributed by atoms with Crippen LogP contribution in [0.4, 0.5) is 0 Å². The summed E-state index contributed by atoms with van der Waals surface area (Å²) in [5.41, 5.74) is 3.36. The lowest BCUT2D eigenvalue weighted by Gasteiger charge is -2.22. The molecule has 1 atom stereocenters. The number of aromatic nitrogens is 2. The maximum Gasteiger partial charge on any atom is 0.110 e. The van der Waals surface area contributed by atoms with E-state index in [1.165, 1.54) is 24.8 Å². The second-order valence-electron chi connectivity index (χ2n) is 6.06. The second-order valence-corrected chi connectivity index (χ2v) is 6.06. The smallest absolute Gasteiger partial charge is 0.110 e. The summed E-state index contributed by atoms with van der Waals surface area (Å²) in [4.78, 5) is 8.15. The van der Waals surface area contributed by atoms with Crippen molar-refractivity contribution >= 4 is 11.0 Å². The van der Waals surface area contributed by atoms with E-state index in [4.69, 9.17) is 0 Å². The third kappa shape index (κ3) is 2.27. The molecule has 0 radical (unpaired) electrons. The summed E-state index contributed by atoms with van der Waals surface area (Å²) in [6, 6.07) is 6.34. The predicted octanol–water partition coefficient (Wildman–Crippen LogP) is 3.56. The molecule has 3 nitrogen and oxygen atoms in total. The van der Waals surface area contributed by atoms with E-state index in [9.17, 15) is 5.11 Å². The molecule has 1 aromatic carbocycles. The highest BCUT2D eigenvalue weighted by Gasteiger charge is 2.23. The summed E-state index contributed by atoms with van der Waals surface area (Å²) < 4.78 is 0. The van der Waals surface area contributed by atoms with Gasteiger partial charge in [-0.25, -0.2) is 4.98 Å². The summed E-state index contributed by atoms with van der Waals surface area (Å²) in [7, 11) is 0. The van der Waals surface area contributed by atoms with Crippen molar-refractivity contribution in [1.82, 2.24) is 9.97 Å².